The van der Waals surface area contributed by atoms with Gasteiger partial charge >= 0.3 is 0 Å². The van der Waals surface area contributed by atoms with Gasteiger partial charge in [0.15, 0.2) is 0 Å². The second kappa shape index (κ2) is 8.02. The minimum absolute atomic E-state index is 0.0156. The molecule has 2 N–H and O–H groups in total. The average Bonchev–Trinajstić information content (AvgIpc) is 3.23. The van der Waals surface area contributed by atoms with E-state index in [9.17, 15) is 9.59 Å². The molecule has 0 radical (unpaired) electrons. The van der Waals surface area contributed by atoms with Gasteiger partial charge in [0.1, 0.15) is 11.8 Å². The first kappa shape index (κ1) is 18.5. The monoisotopic (exact) mass is 379 g/mol. The van der Waals surface area contributed by atoms with Crippen molar-refractivity contribution in [2.24, 2.45) is 0 Å². The molecule has 1 saturated heterocycles. The quantitative estimate of drug-likeness (QED) is 0.856. The van der Waals surface area contributed by atoms with Crippen LogP contribution < -0.4 is 15.4 Å². The van der Waals surface area contributed by atoms with Crippen LogP contribution >= 0.6 is 0 Å². The highest BCUT2D eigenvalue weighted by molar-refractivity contribution is 5.98. The standard InChI is InChI=1S/C22H25N3O3/c1-28-18-10-8-17(9-11-18)24-21(26)20-7-4-12-25(20)22(27)19-13-15-5-2-3-6-16(15)14-23-19/h2-3,5-6,8-11,19-20,23H,4,7,12-14H2,1H3,(H,24,26)/t19-,20+/m1/s1. The molecule has 28 heavy (non-hydrogen) atoms. The number of benzene rings is 2. The van der Waals surface area contributed by atoms with Gasteiger partial charge in [0, 0.05) is 18.8 Å². The number of fused-ring (bicyclic) bond motifs is 1. The molecule has 0 spiro atoms. The topological polar surface area (TPSA) is 70.7 Å². The lowest BCUT2D eigenvalue weighted by Crippen LogP contribution is -2.53. The Labute approximate surface area is 164 Å². The van der Waals surface area contributed by atoms with Crippen molar-refractivity contribution in [2.45, 2.75) is 37.9 Å². The number of hydrogen-bond acceptors (Lipinski definition) is 4. The summed E-state index contributed by atoms with van der Waals surface area (Å²) in [4.78, 5) is 27.7. The molecular weight excluding hydrogens is 354 g/mol. The van der Waals surface area contributed by atoms with Crippen LogP contribution in [0.4, 0.5) is 5.69 Å². The number of amides is 2. The largest absolute Gasteiger partial charge is 0.497 e. The number of methoxy groups -OCH3 is 1. The fourth-order valence-corrected chi connectivity index (χ4v) is 4.03. The van der Waals surface area contributed by atoms with Crippen LogP contribution in [0.15, 0.2) is 48.5 Å². The summed E-state index contributed by atoms with van der Waals surface area (Å²) >= 11 is 0. The smallest absolute Gasteiger partial charge is 0.247 e. The summed E-state index contributed by atoms with van der Waals surface area (Å²) in [6.07, 6.45) is 2.20. The SMILES string of the molecule is COc1ccc(NC(=O)[C@@H]2CCCN2C(=O)[C@H]2Cc3ccccc3CN2)cc1. The van der Waals surface area contributed by atoms with Gasteiger partial charge in [-0.1, -0.05) is 24.3 Å². The fraction of sp³-hybridized carbons (Fsp3) is 0.364. The van der Waals surface area contributed by atoms with Gasteiger partial charge < -0.3 is 20.3 Å². The predicted molar refractivity (Wildman–Crippen MR) is 107 cm³/mol. The van der Waals surface area contributed by atoms with E-state index in [0.717, 1.165) is 12.2 Å². The summed E-state index contributed by atoms with van der Waals surface area (Å²) in [5.74, 6) is 0.619. The lowest BCUT2D eigenvalue weighted by molar-refractivity contribution is -0.138. The Morgan fingerprint density at radius 3 is 2.61 bits per heavy atom. The van der Waals surface area contributed by atoms with Crippen LogP contribution in [0.5, 0.6) is 5.75 Å². The van der Waals surface area contributed by atoms with E-state index in [1.807, 2.05) is 12.1 Å². The Morgan fingerprint density at radius 1 is 1.11 bits per heavy atom. The molecule has 146 valence electrons. The lowest BCUT2D eigenvalue weighted by Gasteiger charge is -2.31. The predicted octanol–water partition coefficient (Wildman–Crippen LogP) is 2.34. The third-order valence-corrected chi connectivity index (χ3v) is 5.58. The third kappa shape index (κ3) is 3.73. The fourth-order valence-electron chi connectivity index (χ4n) is 4.03. The molecule has 6 heteroatoms. The zero-order valence-corrected chi connectivity index (χ0v) is 16.0. The zero-order valence-electron chi connectivity index (χ0n) is 16.0. The molecule has 2 atom stereocenters. The van der Waals surface area contributed by atoms with Gasteiger partial charge in [-0.15, -0.1) is 0 Å². The van der Waals surface area contributed by atoms with Crippen LogP contribution in [-0.2, 0) is 22.6 Å². The number of nitrogens with zero attached hydrogens (tertiary/aromatic N) is 1. The number of carbonyl (C=O) groups excluding carboxylic acids is 2. The first-order valence-electron chi connectivity index (χ1n) is 9.71. The molecule has 2 amide bonds. The highest BCUT2D eigenvalue weighted by Crippen LogP contribution is 2.24. The molecule has 0 saturated carbocycles. The molecule has 2 aliphatic rings. The number of hydrogen-bond donors (Lipinski definition) is 2. The summed E-state index contributed by atoms with van der Waals surface area (Å²) in [5, 5.41) is 6.27. The minimum Gasteiger partial charge on any atom is -0.497 e. The maximum atomic E-state index is 13.1. The van der Waals surface area contributed by atoms with Gasteiger partial charge in [-0.25, -0.2) is 0 Å². The van der Waals surface area contributed by atoms with Crippen molar-refractivity contribution in [1.82, 2.24) is 10.2 Å². The molecule has 4 rings (SSSR count). The molecule has 0 unspecified atom stereocenters. The highest BCUT2D eigenvalue weighted by atomic mass is 16.5. The molecule has 0 aliphatic carbocycles. The molecular formula is C22H25N3O3. The van der Waals surface area contributed by atoms with Crippen molar-refractivity contribution in [1.29, 1.82) is 0 Å². The Bertz CT molecular complexity index is 866. The van der Waals surface area contributed by atoms with E-state index in [2.05, 4.69) is 22.8 Å². The van der Waals surface area contributed by atoms with Crippen molar-refractivity contribution in [3.8, 4) is 5.75 Å². The van der Waals surface area contributed by atoms with Gasteiger partial charge in [0.05, 0.1) is 13.2 Å². The lowest BCUT2D eigenvalue weighted by atomic mass is 9.95. The van der Waals surface area contributed by atoms with E-state index in [-0.39, 0.29) is 17.9 Å². The number of carbonyl (C=O) groups is 2. The third-order valence-electron chi connectivity index (χ3n) is 5.58. The number of anilines is 1. The Morgan fingerprint density at radius 2 is 1.86 bits per heavy atom. The Balaban J connectivity index is 1.42. The van der Waals surface area contributed by atoms with E-state index in [4.69, 9.17) is 4.74 Å². The van der Waals surface area contributed by atoms with Gasteiger partial charge in [-0.3, -0.25) is 9.59 Å². The van der Waals surface area contributed by atoms with Gasteiger partial charge in [-0.2, -0.15) is 0 Å². The van der Waals surface area contributed by atoms with Crippen molar-refractivity contribution >= 4 is 17.5 Å². The summed E-state index contributed by atoms with van der Waals surface area (Å²) < 4.78 is 5.14. The summed E-state index contributed by atoms with van der Waals surface area (Å²) in [7, 11) is 1.60. The summed E-state index contributed by atoms with van der Waals surface area (Å²) in [6.45, 7) is 1.31. The van der Waals surface area contributed by atoms with Gasteiger partial charge in [0.25, 0.3) is 0 Å². The summed E-state index contributed by atoms with van der Waals surface area (Å²) in [5.41, 5.74) is 3.15. The molecule has 0 aromatic heterocycles. The van der Waals surface area contributed by atoms with Crippen LogP contribution in [0.25, 0.3) is 0 Å². The molecule has 2 aromatic rings. The van der Waals surface area contributed by atoms with Gasteiger partial charge in [-0.05, 0) is 54.7 Å². The van der Waals surface area contributed by atoms with Crippen LogP contribution in [0.1, 0.15) is 24.0 Å². The van der Waals surface area contributed by atoms with Gasteiger partial charge in [0.2, 0.25) is 11.8 Å². The Hall–Kier alpha value is -2.86. The first-order chi connectivity index (χ1) is 13.7. The highest BCUT2D eigenvalue weighted by Gasteiger charge is 2.38. The molecule has 0 bridgehead atoms. The normalized spacial score (nSPS) is 21.1. The number of ether oxygens (including phenoxy) is 1. The van der Waals surface area contributed by atoms with Crippen LogP contribution in [-0.4, -0.2) is 42.5 Å². The molecule has 2 aromatic carbocycles. The Kier molecular flexibility index (Phi) is 5.30. The van der Waals surface area contributed by atoms with Crippen molar-refractivity contribution in [2.75, 3.05) is 19.0 Å². The average molecular weight is 379 g/mol. The zero-order chi connectivity index (χ0) is 19.5. The molecule has 2 heterocycles. The van der Waals surface area contributed by atoms with Crippen molar-refractivity contribution < 1.29 is 14.3 Å². The van der Waals surface area contributed by atoms with Crippen LogP contribution in [0, 0.1) is 0 Å². The molecule has 2 aliphatic heterocycles. The number of likely N-dealkylation sites (tertiary alicyclic amines) is 1. The van der Waals surface area contributed by atoms with Crippen LogP contribution in [0.3, 0.4) is 0 Å². The van der Waals surface area contributed by atoms with E-state index >= 15 is 0 Å². The maximum Gasteiger partial charge on any atom is 0.247 e. The second-order valence-electron chi connectivity index (χ2n) is 7.31. The molecule has 1 fully saturated rings. The van der Waals surface area contributed by atoms with Crippen molar-refractivity contribution in [3.05, 3.63) is 59.7 Å². The van der Waals surface area contributed by atoms with E-state index < -0.39 is 6.04 Å². The second-order valence-corrected chi connectivity index (χ2v) is 7.31. The molecule has 6 nitrogen and oxygen atoms in total. The first-order valence-corrected chi connectivity index (χ1v) is 9.71. The number of rotatable bonds is 4. The van der Waals surface area contributed by atoms with Crippen LogP contribution in [0.2, 0.25) is 0 Å². The van der Waals surface area contributed by atoms with E-state index in [0.29, 0.717) is 31.6 Å². The van der Waals surface area contributed by atoms with Crippen molar-refractivity contribution in [3.63, 3.8) is 0 Å². The maximum absolute atomic E-state index is 13.1. The number of nitrogens with one attached hydrogen (secondary N) is 2. The van der Waals surface area contributed by atoms with E-state index in [1.54, 1.807) is 36.3 Å². The minimum atomic E-state index is -0.423. The summed E-state index contributed by atoms with van der Waals surface area (Å²) in [6, 6.07) is 14.7. The van der Waals surface area contributed by atoms with E-state index in [1.165, 1.54) is 11.1 Å².